The van der Waals surface area contributed by atoms with E-state index in [-0.39, 0.29) is 6.04 Å². The van der Waals surface area contributed by atoms with Crippen molar-refractivity contribution in [1.29, 1.82) is 0 Å². The number of amides is 1. The molecule has 0 saturated heterocycles. The Labute approximate surface area is 53.4 Å². The Kier molecular flexibility index (Phi) is 1.82. The molecule has 1 aliphatic rings. The lowest BCUT2D eigenvalue weighted by atomic mass is 9.93. The fourth-order valence-electron chi connectivity index (χ4n) is 0.767. The molecule has 0 aromatic heterocycles. The second-order valence-corrected chi connectivity index (χ2v) is 2.20. The Morgan fingerprint density at radius 2 is 2.22 bits per heavy atom. The predicted molar refractivity (Wildman–Crippen MR) is 31.5 cm³/mol. The largest absolute Gasteiger partial charge is 0.346 e. The summed E-state index contributed by atoms with van der Waals surface area (Å²) < 4.78 is 0. The van der Waals surface area contributed by atoms with Gasteiger partial charge in [0.2, 0.25) is 0 Å². The lowest BCUT2D eigenvalue weighted by Crippen LogP contribution is -2.39. The first kappa shape index (κ1) is 6.26. The third kappa shape index (κ3) is 1.52. The highest BCUT2D eigenvalue weighted by molar-refractivity contribution is 6.24. The van der Waals surface area contributed by atoms with Gasteiger partial charge in [0.15, 0.2) is 0 Å². The zero-order chi connectivity index (χ0) is 6.69. The highest BCUT2D eigenvalue weighted by Crippen LogP contribution is 2.17. The van der Waals surface area contributed by atoms with E-state index < -0.39 is 5.91 Å². The molecule has 0 aromatic carbocycles. The molecular weight excluding hydrogens is 118 g/mol. The minimum absolute atomic E-state index is 0.249. The summed E-state index contributed by atoms with van der Waals surface area (Å²) in [4.78, 5) is 19.9. The van der Waals surface area contributed by atoms with Crippen molar-refractivity contribution in [2.45, 2.75) is 25.3 Å². The summed E-state index contributed by atoms with van der Waals surface area (Å²) in [5.74, 6) is -0.611. The fourth-order valence-corrected chi connectivity index (χ4v) is 0.767. The first-order valence-electron chi connectivity index (χ1n) is 3.01. The van der Waals surface area contributed by atoms with Crippen LogP contribution >= 0.6 is 0 Å². The maximum absolute atomic E-state index is 10.3. The van der Waals surface area contributed by atoms with Crippen LogP contribution in [0, 0.1) is 0 Å². The van der Waals surface area contributed by atoms with Gasteiger partial charge in [0.05, 0.1) is 0 Å². The van der Waals surface area contributed by atoms with E-state index in [9.17, 15) is 9.59 Å². The number of rotatable bonds is 2. The summed E-state index contributed by atoms with van der Waals surface area (Å²) in [7, 11) is 0. The molecule has 1 fully saturated rings. The Bertz CT molecular complexity index is 129. The number of carbonyl (C=O) groups is 1. The molecule has 1 N–H and O–H groups in total. The predicted octanol–water partition coefficient (Wildman–Crippen LogP) is -0.235. The van der Waals surface area contributed by atoms with Gasteiger partial charge in [0.1, 0.15) is 0 Å². The van der Waals surface area contributed by atoms with E-state index in [1.54, 1.807) is 0 Å². The van der Waals surface area contributed by atoms with Crippen molar-refractivity contribution < 1.29 is 9.59 Å². The molecule has 0 aliphatic heterocycles. The monoisotopic (exact) mass is 126 g/mol. The number of hydrogen-bond acceptors (Lipinski definition) is 2. The van der Waals surface area contributed by atoms with E-state index in [0.717, 1.165) is 19.3 Å². The van der Waals surface area contributed by atoms with Crippen LogP contribution in [0.15, 0.2) is 0 Å². The Morgan fingerprint density at radius 3 is 2.56 bits per heavy atom. The molecule has 1 amide bonds. The first-order valence-corrected chi connectivity index (χ1v) is 3.01. The highest BCUT2D eigenvalue weighted by Gasteiger charge is 2.18. The molecule has 3 heteroatoms. The minimum atomic E-state index is -0.611. The Morgan fingerprint density at radius 1 is 1.56 bits per heavy atom. The average Bonchev–Trinajstić information content (AvgIpc) is 1.78. The molecule has 0 aromatic rings. The third-order valence-electron chi connectivity index (χ3n) is 1.53. The maximum Gasteiger partial charge on any atom is 0.296 e. The Hall–Kier alpha value is -0.860. The molecular formula is C6H8NO2. The normalized spacial score (nSPS) is 18.2. The lowest BCUT2D eigenvalue weighted by molar-refractivity contribution is -0.116. The molecule has 0 bridgehead atoms. The molecule has 0 unspecified atom stereocenters. The highest BCUT2D eigenvalue weighted by atomic mass is 16.2. The molecule has 1 rings (SSSR count). The Balaban J connectivity index is 2.16. The van der Waals surface area contributed by atoms with Gasteiger partial charge in [-0.25, -0.2) is 0 Å². The van der Waals surface area contributed by atoms with Gasteiger partial charge in [0.25, 0.3) is 12.2 Å². The van der Waals surface area contributed by atoms with Crippen LogP contribution in [0.2, 0.25) is 0 Å². The van der Waals surface area contributed by atoms with E-state index in [1.165, 1.54) is 6.29 Å². The molecule has 49 valence electrons. The van der Waals surface area contributed by atoms with Gasteiger partial charge >= 0.3 is 0 Å². The van der Waals surface area contributed by atoms with Crippen molar-refractivity contribution in [2.24, 2.45) is 0 Å². The lowest BCUT2D eigenvalue weighted by Gasteiger charge is -2.24. The van der Waals surface area contributed by atoms with E-state index in [4.69, 9.17) is 0 Å². The van der Waals surface area contributed by atoms with Crippen molar-refractivity contribution in [2.75, 3.05) is 0 Å². The van der Waals surface area contributed by atoms with Crippen molar-refractivity contribution in [3.63, 3.8) is 0 Å². The summed E-state index contributed by atoms with van der Waals surface area (Å²) in [5.41, 5.74) is 0. The van der Waals surface area contributed by atoms with Crippen LogP contribution < -0.4 is 5.32 Å². The summed E-state index contributed by atoms with van der Waals surface area (Å²) in [6, 6.07) is 0.249. The summed E-state index contributed by atoms with van der Waals surface area (Å²) in [5, 5.41) is 2.50. The minimum Gasteiger partial charge on any atom is -0.346 e. The van der Waals surface area contributed by atoms with E-state index >= 15 is 0 Å². The van der Waals surface area contributed by atoms with Crippen LogP contribution in [0.25, 0.3) is 0 Å². The standard InChI is InChI=1S/C6H8NO2/c8-4-6(9)7-5-2-1-3-5/h5H,1-3H2,(H,7,9). The molecule has 1 radical (unpaired) electrons. The fraction of sp³-hybridized carbons (Fsp3) is 0.667. The van der Waals surface area contributed by atoms with Gasteiger partial charge in [-0.15, -0.1) is 0 Å². The quantitative estimate of drug-likeness (QED) is 0.519. The van der Waals surface area contributed by atoms with E-state index in [0.29, 0.717) is 0 Å². The third-order valence-corrected chi connectivity index (χ3v) is 1.53. The van der Waals surface area contributed by atoms with Crippen LogP contribution in [0.5, 0.6) is 0 Å². The molecule has 0 heterocycles. The zero-order valence-corrected chi connectivity index (χ0v) is 5.02. The van der Waals surface area contributed by atoms with Gasteiger partial charge in [-0.1, -0.05) is 0 Å². The molecule has 9 heavy (non-hydrogen) atoms. The summed E-state index contributed by atoms with van der Waals surface area (Å²) in [6.07, 6.45) is 4.44. The smallest absolute Gasteiger partial charge is 0.296 e. The van der Waals surface area contributed by atoms with Gasteiger partial charge in [-0.05, 0) is 19.3 Å². The molecule has 0 atom stereocenters. The van der Waals surface area contributed by atoms with E-state index in [2.05, 4.69) is 5.32 Å². The van der Waals surface area contributed by atoms with Crippen molar-refractivity contribution in [1.82, 2.24) is 5.32 Å². The van der Waals surface area contributed by atoms with Crippen molar-refractivity contribution >= 4 is 12.2 Å². The number of hydrogen-bond donors (Lipinski definition) is 1. The van der Waals surface area contributed by atoms with Crippen molar-refractivity contribution in [3.05, 3.63) is 0 Å². The van der Waals surface area contributed by atoms with Crippen molar-refractivity contribution in [3.8, 4) is 0 Å². The molecule has 1 aliphatic carbocycles. The van der Waals surface area contributed by atoms with Gasteiger partial charge in [0, 0.05) is 6.04 Å². The van der Waals surface area contributed by atoms with Crippen LogP contribution in [0.3, 0.4) is 0 Å². The van der Waals surface area contributed by atoms with Crippen LogP contribution in [-0.4, -0.2) is 18.2 Å². The molecule has 1 saturated carbocycles. The second-order valence-electron chi connectivity index (χ2n) is 2.20. The SMILES string of the molecule is O=[C]C(=O)NC1CCC1. The number of nitrogens with one attached hydrogen (secondary N) is 1. The second kappa shape index (κ2) is 2.62. The van der Waals surface area contributed by atoms with Crippen LogP contribution in [-0.2, 0) is 9.59 Å². The van der Waals surface area contributed by atoms with Gasteiger partial charge in [-0.3, -0.25) is 9.59 Å². The number of carbonyl (C=O) groups excluding carboxylic acids is 2. The summed E-state index contributed by atoms with van der Waals surface area (Å²) >= 11 is 0. The molecule has 3 nitrogen and oxygen atoms in total. The van der Waals surface area contributed by atoms with Crippen LogP contribution in [0.1, 0.15) is 19.3 Å². The van der Waals surface area contributed by atoms with Gasteiger partial charge in [-0.2, -0.15) is 0 Å². The first-order chi connectivity index (χ1) is 4.33. The maximum atomic E-state index is 10.3. The topological polar surface area (TPSA) is 46.2 Å². The van der Waals surface area contributed by atoms with Crippen LogP contribution in [0.4, 0.5) is 0 Å². The van der Waals surface area contributed by atoms with E-state index in [1.807, 2.05) is 0 Å². The average molecular weight is 126 g/mol. The zero-order valence-electron chi connectivity index (χ0n) is 5.02. The summed E-state index contributed by atoms with van der Waals surface area (Å²) in [6.45, 7) is 0. The molecule has 0 spiro atoms. The van der Waals surface area contributed by atoms with Gasteiger partial charge < -0.3 is 5.32 Å².